The summed E-state index contributed by atoms with van der Waals surface area (Å²) in [6, 6.07) is 6.05. The largest absolute Gasteiger partial charge is 0.490 e. The van der Waals surface area contributed by atoms with Gasteiger partial charge in [-0.05, 0) is 62.6 Å². The summed E-state index contributed by atoms with van der Waals surface area (Å²) in [4.78, 5) is 16.8. The molecule has 1 amide bonds. The molecule has 0 atom stereocenters. The van der Waals surface area contributed by atoms with E-state index in [1.165, 1.54) is 11.8 Å². The molecule has 7 heteroatoms. The Bertz CT molecular complexity index is 1160. The molecule has 1 fully saturated rings. The second-order valence-corrected chi connectivity index (χ2v) is 8.93. The molecular weight excluding hydrogens is 404 g/mol. The van der Waals surface area contributed by atoms with Gasteiger partial charge in [0.15, 0.2) is 0 Å². The van der Waals surface area contributed by atoms with Gasteiger partial charge in [0.1, 0.15) is 21.4 Å². The van der Waals surface area contributed by atoms with Gasteiger partial charge in [0.05, 0.1) is 11.0 Å². The number of fused-ring (bicyclic) bond motifs is 1. The van der Waals surface area contributed by atoms with E-state index in [1.54, 1.807) is 18.5 Å². The number of hydrogen-bond acceptors (Lipinski definition) is 6. The predicted octanol–water partition coefficient (Wildman–Crippen LogP) is 5.39. The van der Waals surface area contributed by atoms with Gasteiger partial charge in [-0.3, -0.25) is 9.78 Å². The van der Waals surface area contributed by atoms with Crippen molar-refractivity contribution in [3.05, 3.63) is 52.4 Å². The van der Waals surface area contributed by atoms with E-state index in [-0.39, 0.29) is 12.0 Å². The lowest BCUT2D eigenvalue weighted by Crippen LogP contribution is -2.17. The molecule has 0 saturated carbocycles. The van der Waals surface area contributed by atoms with E-state index in [0.29, 0.717) is 15.0 Å². The third-order valence-electron chi connectivity index (χ3n) is 4.48. The predicted molar refractivity (Wildman–Crippen MR) is 121 cm³/mol. The second kappa shape index (κ2) is 7.65. The number of nitrogens with zero attached hydrogens (tertiary/aromatic N) is 1. The minimum Gasteiger partial charge on any atom is -0.490 e. The van der Waals surface area contributed by atoms with Crippen LogP contribution in [0.3, 0.4) is 0 Å². The Morgan fingerprint density at radius 1 is 1.21 bits per heavy atom. The van der Waals surface area contributed by atoms with Crippen molar-refractivity contribution < 1.29 is 13.9 Å². The molecule has 148 valence electrons. The fraction of sp³-hybridized carbons (Fsp3) is 0.227. The summed E-state index contributed by atoms with van der Waals surface area (Å²) in [5.74, 6) is 1.30. The van der Waals surface area contributed by atoms with Gasteiger partial charge in [0.2, 0.25) is 0 Å². The van der Waals surface area contributed by atoms with Crippen LogP contribution in [-0.4, -0.2) is 21.3 Å². The van der Waals surface area contributed by atoms with Crippen LogP contribution in [0.4, 0.5) is 0 Å². The summed E-state index contributed by atoms with van der Waals surface area (Å²) in [6.45, 7) is 8.12. The molecule has 29 heavy (non-hydrogen) atoms. The molecule has 3 aromatic rings. The summed E-state index contributed by atoms with van der Waals surface area (Å²) < 4.78 is 12.5. The smallest absolute Gasteiger partial charge is 0.263 e. The number of benzene rings is 1. The number of carbonyl (C=O) groups is 1. The summed E-state index contributed by atoms with van der Waals surface area (Å²) >= 11 is 6.27. The number of nitrogens with one attached hydrogen (secondary N) is 1. The van der Waals surface area contributed by atoms with Crippen LogP contribution in [0.25, 0.3) is 28.2 Å². The maximum atomic E-state index is 11.9. The van der Waals surface area contributed by atoms with Crippen LogP contribution in [0.15, 0.2) is 39.9 Å². The minimum absolute atomic E-state index is 0.113. The Morgan fingerprint density at radius 3 is 2.55 bits per heavy atom. The molecule has 4 rings (SSSR count). The van der Waals surface area contributed by atoms with Crippen molar-refractivity contribution in [1.82, 2.24) is 10.3 Å². The Balaban J connectivity index is 1.78. The summed E-state index contributed by atoms with van der Waals surface area (Å²) in [6.07, 6.45) is 5.38. The van der Waals surface area contributed by atoms with Crippen LogP contribution >= 0.6 is 24.0 Å². The van der Waals surface area contributed by atoms with Crippen LogP contribution in [0.5, 0.6) is 5.75 Å². The Morgan fingerprint density at radius 2 is 1.93 bits per heavy atom. The molecule has 2 aromatic heterocycles. The van der Waals surface area contributed by atoms with E-state index < -0.39 is 0 Å². The van der Waals surface area contributed by atoms with Crippen LogP contribution in [0.1, 0.15) is 30.7 Å². The van der Waals surface area contributed by atoms with Crippen molar-refractivity contribution >= 4 is 51.3 Å². The Kier molecular flexibility index (Phi) is 5.19. The summed E-state index contributed by atoms with van der Waals surface area (Å²) in [7, 11) is 0. The van der Waals surface area contributed by atoms with Crippen molar-refractivity contribution in [2.45, 2.75) is 33.8 Å². The number of hydrogen-bond donors (Lipinski definition) is 1. The number of furan rings is 1. The Labute approximate surface area is 178 Å². The molecule has 0 unspecified atom stereocenters. The van der Waals surface area contributed by atoms with E-state index in [2.05, 4.69) is 22.4 Å². The van der Waals surface area contributed by atoms with Crippen LogP contribution in [0, 0.1) is 13.8 Å². The second-order valence-electron chi connectivity index (χ2n) is 7.21. The molecule has 1 aliphatic heterocycles. The zero-order chi connectivity index (χ0) is 20.7. The molecule has 0 bridgehead atoms. The number of thiocarbonyl (C=S) groups is 1. The molecule has 1 aromatic carbocycles. The number of aromatic nitrogens is 1. The fourth-order valence-electron chi connectivity index (χ4n) is 3.34. The van der Waals surface area contributed by atoms with Crippen LogP contribution in [-0.2, 0) is 4.79 Å². The molecule has 1 N–H and O–H groups in total. The first-order valence-electron chi connectivity index (χ1n) is 9.22. The zero-order valence-corrected chi connectivity index (χ0v) is 18.2. The molecule has 1 saturated heterocycles. The highest BCUT2D eigenvalue weighted by Gasteiger charge is 2.23. The average molecular weight is 425 g/mol. The molecule has 3 heterocycles. The van der Waals surface area contributed by atoms with Gasteiger partial charge in [-0.15, -0.1) is 0 Å². The van der Waals surface area contributed by atoms with Gasteiger partial charge in [0.25, 0.3) is 5.91 Å². The van der Waals surface area contributed by atoms with E-state index in [1.807, 2.05) is 33.8 Å². The quantitative estimate of drug-likeness (QED) is 0.448. The normalized spacial score (nSPS) is 15.6. The zero-order valence-electron chi connectivity index (χ0n) is 16.5. The number of ether oxygens (including phenoxy) is 1. The number of carbonyl (C=O) groups excluding carboxylic acids is 1. The molecule has 0 spiro atoms. The summed E-state index contributed by atoms with van der Waals surface area (Å²) in [5.41, 5.74) is 4.76. The first-order valence-corrected chi connectivity index (χ1v) is 10.4. The molecule has 1 aliphatic rings. The maximum Gasteiger partial charge on any atom is 0.263 e. The molecule has 0 radical (unpaired) electrons. The number of rotatable bonds is 4. The topological polar surface area (TPSA) is 64.4 Å². The van der Waals surface area contributed by atoms with E-state index in [4.69, 9.17) is 21.4 Å². The van der Waals surface area contributed by atoms with Crippen LogP contribution < -0.4 is 10.1 Å². The maximum absolute atomic E-state index is 11.9. The highest BCUT2D eigenvalue weighted by atomic mass is 32.2. The number of amides is 1. The van der Waals surface area contributed by atoms with E-state index >= 15 is 0 Å². The van der Waals surface area contributed by atoms with E-state index in [9.17, 15) is 4.79 Å². The Hall–Kier alpha value is -2.64. The average Bonchev–Trinajstić information content (AvgIpc) is 3.19. The number of pyridine rings is 1. The van der Waals surface area contributed by atoms with Crippen molar-refractivity contribution in [2.75, 3.05) is 0 Å². The first kappa shape index (κ1) is 19.7. The monoisotopic (exact) mass is 424 g/mol. The van der Waals surface area contributed by atoms with Gasteiger partial charge in [-0.1, -0.05) is 24.0 Å². The molecular formula is C22H20N2O3S2. The van der Waals surface area contributed by atoms with E-state index in [0.717, 1.165) is 39.0 Å². The minimum atomic E-state index is -0.203. The number of aryl methyl sites for hydroxylation is 2. The lowest BCUT2D eigenvalue weighted by Gasteiger charge is -2.16. The fourth-order valence-corrected chi connectivity index (χ4v) is 4.36. The van der Waals surface area contributed by atoms with Crippen molar-refractivity contribution in [3.63, 3.8) is 0 Å². The highest BCUT2D eigenvalue weighted by Crippen LogP contribution is 2.36. The molecule has 0 aliphatic carbocycles. The molecule has 5 nitrogen and oxygen atoms in total. The summed E-state index contributed by atoms with van der Waals surface area (Å²) in [5, 5.41) is 3.48. The van der Waals surface area contributed by atoms with Gasteiger partial charge in [-0.2, -0.15) is 0 Å². The third kappa shape index (κ3) is 3.93. The van der Waals surface area contributed by atoms with Gasteiger partial charge < -0.3 is 14.5 Å². The highest BCUT2D eigenvalue weighted by molar-refractivity contribution is 8.26. The number of thioether (sulfide) groups is 1. The lowest BCUT2D eigenvalue weighted by atomic mass is 10.00. The standard InChI is InChI=1S/C22H20N2O3S2/c1-11(2)26-19-12(3)5-14(6-13(19)4)17-10-23-9-15-7-16(27-20(15)17)8-18-21(25)24-22(28)29-18/h5-11H,1-4H3,(H,24,25,28). The van der Waals surface area contributed by atoms with Crippen molar-refractivity contribution in [2.24, 2.45) is 0 Å². The van der Waals surface area contributed by atoms with Gasteiger partial charge in [0, 0.05) is 29.4 Å². The first-order chi connectivity index (χ1) is 13.8. The van der Waals surface area contributed by atoms with Crippen molar-refractivity contribution in [3.8, 4) is 16.9 Å². The SMILES string of the molecule is Cc1cc(-c2cncc3cc(C=C4SC(=S)NC4=O)oc23)cc(C)c1OC(C)C. The van der Waals surface area contributed by atoms with Gasteiger partial charge >= 0.3 is 0 Å². The lowest BCUT2D eigenvalue weighted by molar-refractivity contribution is -0.115. The van der Waals surface area contributed by atoms with Crippen molar-refractivity contribution in [1.29, 1.82) is 0 Å². The van der Waals surface area contributed by atoms with Crippen LogP contribution in [0.2, 0.25) is 0 Å². The van der Waals surface area contributed by atoms with Gasteiger partial charge in [-0.25, -0.2) is 0 Å². The third-order valence-corrected chi connectivity index (χ3v) is 5.64.